The number of aromatic nitrogens is 2. The van der Waals surface area contributed by atoms with Gasteiger partial charge in [-0.2, -0.15) is 0 Å². The molecule has 1 atom stereocenters. The molecule has 1 unspecified atom stereocenters. The van der Waals surface area contributed by atoms with E-state index in [4.69, 9.17) is 0 Å². The van der Waals surface area contributed by atoms with Crippen LogP contribution in [0.1, 0.15) is 51.8 Å². The largest absolute Gasteiger partial charge is 0.307 e. The second kappa shape index (κ2) is 8.22. The summed E-state index contributed by atoms with van der Waals surface area (Å²) in [6.45, 7) is 5.26. The molecule has 0 radical (unpaired) electrons. The molecule has 0 spiro atoms. The molecule has 16 heavy (non-hydrogen) atoms. The van der Waals surface area contributed by atoms with E-state index in [1.807, 2.05) is 6.07 Å². The molecule has 1 aromatic rings. The molecule has 1 N–H and O–H groups in total. The molecule has 0 saturated heterocycles. The molecule has 1 aromatic heterocycles. The first-order chi connectivity index (χ1) is 7.86. The smallest absolute Gasteiger partial charge is 0.141 e. The standard InChI is InChI=1S/C13H23N3/c1-3-5-8-12(7-4-2)16-11-13-14-9-6-10-15-13/h6,9-10,12,16H,3-5,7-8,11H2,1-2H3. The number of nitrogens with zero attached hydrogens (tertiary/aromatic N) is 2. The Morgan fingerprint density at radius 3 is 2.50 bits per heavy atom. The van der Waals surface area contributed by atoms with Crippen molar-refractivity contribution in [2.75, 3.05) is 0 Å². The van der Waals surface area contributed by atoms with Gasteiger partial charge >= 0.3 is 0 Å². The molecule has 1 heterocycles. The Bertz CT molecular complexity index is 261. The van der Waals surface area contributed by atoms with E-state index in [0.29, 0.717) is 6.04 Å². The number of unbranched alkanes of at least 4 members (excludes halogenated alkanes) is 1. The second-order valence-corrected chi connectivity index (χ2v) is 4.17. The minimum absolute atomic E-state index is 0.619. The summed E-state index contributed by atoms with van der Waals surface area (Å²) in [6.07, 6.45) is 9.90. The van der Waals surface area contributed by atoms with Crippen LogP contribution in [-0.4, -0.2) is 16.0 Å². The van der Waals surface area contributed by atoms with Crippen molar-refractivity contribution in [1.82, 2.24) is 15.3 Å². The highest BCUT2D eigenvalue weighted by Gasteiger charge is 2.06. The van der Waals surface area contributed by atoms with Gasteiger partial charge in [0.15, 0.2) is 0 Å². The topological polar surface area (TPSA) is 37.8 Å². The average Bonchev–Trinajstić information content (AvgIpc) is 2.34. The highest BCUT2D eigenvalue weighted by Crippen LogP contribution is 2.07. The van der Waals surface area contributed by atoms with Gasteiger partial charge in [0.2, 0.25) is 0 Å². The van der Waals surface area contributed by atoms with Crippen molar-refractivity contribution in [3.63, 3.8) is 0 Å². The Kier molecular flexibility index (Phi) is 6.74. The van der Waals surface area contributed by atoms with E-state index in [9.17, 15) is 0 Å². The third kappa shape index (κ3) is 5.21. The number of nitrogens with one attached hydrogen (secondary N) is 1. The van der Waals surface area contributed by atoms with Crippen LogP contribution in [0, 0.1) is 0 Å². The van der Waals surface area contributed by atoms with E-state index < -0.39 is 0 Å². The molecule has 0 bridgehead atoms. The quantitative estimate of drug-likeness (QED) is 0.733. The van der Waals surface area contributed by atoms with Crippen molar-refractivity contribution in [2.24, 2.45) is 0 Å². The van der Waals surface area contributed by atoms with Crippen molar-refractivity contribution >= 4 is 0 Å². The predicted molar refractivity (Wildman–Crippen MR) is 67.1 cm³/mol. The summed E-state index contributed by atoms with van der Waals surface area (Å²) in [5.41, 5.74) is 0. The van der Waals surface area contributed by atoms with Gasteiger partial charge in [-0.15, -0.1) is 0 Å². The molecule has 3 nitrogen and oxygen atoms in total. The lowest BCUT2D eigenvalue weighted by atomic mass is 10.1. The molecule has 3 heteroatoms. The van der Waals surface area contributed by atoms with Crippen LogP contribution in [-0.2, 0) is 6.54 Å². The number of hydrogen-bond acceptors (Lipinski definition) is 3. The summed E-state index contributed by atoms with van der Waals surface area (Å²) in [6, 6.07) is 2.47. The summed E-state index contributed by atoms with van der Waals surface area (Å²) < 4.78 is 0. The number of rotatable bonds is 8. The second-order valence-electron chi connectivity index (χ2n) is 4.17. The fourth-order valence-corrected chi connectivity index (χ4v) is 1.80. The Morgan fingerprint density at radius 1 is 1.12 bits per heavy atom. The number of hydrogen-bond donors (Lipinski definition) is 1. The summed E-state index contributed by atoms with van der Waals surface area (Å²) in [7, 11) is 0. The lowest BCUT2D eigenvalue weighted by Crippen LogP contribution is -2.29. The highest BCUT2D eigenvalue weighted by molar-refractivity contribution is 4.88. The molecule has 0 aliphatic carbocycles. The van der Waals surface area contributed by atoms with Crippen molar-refractivity contribution in [3.05, 3.63) is 24.3 Å². The first-order valence-corrected chi connectivity index (χ1v) is 6.36. The summed E-state index contributed by atoms with van der Waals surface area (Å²) >= 11 is 0. The fraction of sp³-hybridized carbons (Fsp3) is 0.692. The van der Waals surface area contributed by atoms with Gasteiger partial charge in [0.25, 0.3) is 0 Å². The lowest BCUT2D eigenvalue weighted by molar-refractivity contribution is 0.429. The third-order valence-electron chi connectivity index (χ3n) is 2.71. The van der Waals surface area contributed by atoms with Crippen LogP contribution in [0.2, 0.25) is 0 Å². The fourth-order valence-electron chi connectivity index (χ4n) is 1.80. The van der Waals surface area contributed by atoms with Gasteiger partial charge in [0.05, 0.1) is 6.54 Å². The van der Waals surface area contributed by atoms with Crippen LogP contribution in [0.5, 0.6) is 0 Å². The van der Waals surface area contributed by atoms with Gasteiger partial charge in [0.1, 0.15) is 5.82 Å². The Balaban J connectivity index is 2.31. The Morgan fingerprint density at radius 2 is 1.88 bits per heavy atom. The van der Waals surface area contributed by atoms with E-state index in [1.54, 1.807) is 12.4 Å². The normalized spacial score (nSPS) is 12.6. The molecule has 1 rings (SSSR count). The first kappa shape index (κ1) is 13.1. The molecular weight excluding hydrogens is 198 g/mol. The maximum atomic E-state index is 4.22. The maximum Gasteiger partial charge on any atom is 0.141 e. The molecule has 0 aromatic carbocycles. The summed E-state index contributed by atoms with van der Waals surface area (Å²) in [5, 5.41) is 3.55. The van der Waals surface area contributed by atoms with Crippen LogP contribution in [0.3, 0.4) is 0 Å². The van der Waals surface area contributed by atoms with Crippen LogP contribution >= 0.6 is 0 Å². The van der Waals surface area contributed by atoms with E-state index in [-0.39, 0.29) is 0 Å². The SMILES string of the molecule is CCCCC(CCC)NCc1ncccn1. The van der Waals surface area contributed by atoms with Crippen molar-refractivity contribution in [1.29, 1.82) is 0 Å². The summed E-state index contributed by atoms with van der Waals surface area (Å²) in [4.78, 5) is 8.43. The van der Waals surface area contributed by atoms with E-state index in [1.165, 1.54) is 32.1 Å². The van der Waals surface area contributed by atoms with Crippen LogP contribution in [0.4, 0.5) is 0 Å². The highest BCUT2D eigenvalue weighted by atomic mass is 15.0. The minimum Gasteiger partial charge on any atom is -0.307 e. The Labute approximate surface area is 98.7 Å². The predicted octanol–water partition coefficient (Wildman–Crippen LogP) is 2.93. The molecular formula is C13H23N3. The van der Waals surface area contributed by atoms with Gasteiger partial charge in [-0.05, 0) is 18.9 Å². The monoisotopic (exact) mass is 221 g/mol. The van der Waals surface area contributed by atoms with Crippen LogP contribution in [0.25, 0.3) is 0 Å². The van der Waals surface area contributed by atoms with Crippen molar-refractivity contribution < 1.29 is 0 Å². The van der Waals surface area contributed by atoms with Crippen LogP contribution < -0.4 is 5.32 Å². The minimum atomic E-state index is 0.619. The van der Waals surface area contributed by atoms with Crippen molar-refractivity contribution in [3.8, 4) is 0 Å². The zero-order valence-corrected chi connectivity index (χ0v) is 10.4. The molecule has 0 aliphatic heterocycles. The Hall–Kier alpha value is -0.960. The van der Waals surface area contributed by atoms with E-state index in [2.05, 4.69) is 29.1 Å². The van der Waals surface area contributed by atoms with Gasteiger partial charge in [-0.3, -0.25) is 0 Å². The van der Waals surface area contributed by atoms with E-state index >= 15 is 0 Å². The van der Waals surface area contributed by atoms with Gasteiger partial charge < -0.3 is 5.32 Å². The lowest BCUT2D eigenvalue weighted by Gasteiger charge is -2.17. The van der Waals surface area contributed by atoms with Crippen LogP contribution in [0.15, 0.2) is 18.5 Å². The molecule has 0 amide bonds. The van der Waals surface area contributed by atoms with Gasteiger partial charge in [-0.25, -0.2) is 9.97 Å². The summed E-state index contributed by atoms with van der Waals surface area (Å²) in [5.74, 6) is 0.889. The van der Waals surface area contributed by atoms with Gasteiger partial charge in [-0.1, -0.05) is 33.1 Å². The first-order valence-electron chi connectivity index (χ1n) is 6.36. The zero-order chi connectivity index (χ0) is 11.6. The molecule has 0 aliphatic rings. The van der Waals surface area contributed by atoms with Gasteiger partial charge in [0, 0.05) is 18.4 Å². The van der Waals surface area contributed by atoms with E-state index in [0.717, 1.165) is 12.4 Å². The van der Waals surface area contributed by atoms with Crippen molar-refractivity contribution in [2.45, 2.75) is 58.5 Å². The average molecular weight is 221 g/mol. The third-order valence-corrected chi connectivity index (χ3v) is 2.71. The molecule has 0 saturated carbocycles. The molecule has 0 fully saturated rings. The zero-order valence-electron chi connectivity index (χ0n) is 10.4. The molecule has 90 valence electrons. The maximum absolute atomic E-state index is 4.22.